The lowest BCUT2D eigenvalue weighted by atomic mass is 10.0. The van der Waals surface area contributed by atoms with Gasteiger partial charge in [0, 0.05) is 28.8 Å². The highest BCUT2D eigenvalue weighted by atomic mass is 16.2. The lowest BCUT2D eigenvalue weighted by Crippen LogP contribution is -2.30. The fourth-order valence-electron chi connectivity index (χ4n) is 2.88. The van der Waals surface area contributed by atoms with E-state index in [1.54, 1.807) is 30.3 Å². The number of carbonyl (C=O) groups is 3. The SMILES string of the molecule is O=C1c2ccccc2-c2c1cccc2N1C(=O)C=CC1=O. The van der Waals surface area contributed by atoms with E-state index in [9.17, 15) is 14.4 Å². The minimum absolute atomic E-state index is 0.0745. The molecule has 0 unspecified atom stereocenters. The van der Waals surface area contributed by atoms with Gasteiger partial charge in [0.15, 0.2) is 5.78 Å². The summed E-state index contributed by atoms with van der Waals surface area (Å²) in [6, 6.07) is 12.3. The Kier molecular flexibility index (Phi) is 2.24. The van der Waals surface area contributed by atoms with E-state index in [4.69, 9.17) is 0 Å². The van der Waals surface area contributed by atoms with Crippen molar-refractivity contribution in [2.24, 2.45) is 0 Å². The Hall–Kier alpha value is -3.01. The summed E-state index contributed by atoms with van der Waals surface area (Å²) in [7, 11) is 0. The van der Waals surface area contributed by atoms with E-state index >= 15 is 0 Å². The first kappa shape index (κ1) is 11.8. The molecule has 0 aromatic heterocycles. The van der Waals surface area contributed by atoms with E-state index < -0.39 is 0 Å². The van der Waals surface area contributed by atoms with Crippen LogP contribution in [0.15, 0.2) is 54.6 Å². The Balaban J connectivity index is 2.01. The fourth-order valence-corrected chi connectivity index (χ4v) is 2.88. The van der Waals surface area contributed by atoms with Crippen molar-refractivity contribution in [2.75, 3.05) is 4.90 Å². The zero-order valence-corrected chi connectivity index (χ0v) is 10.9. The number of fused-ring (bicyclic) bond motifs is 3. The van der Waals surface area contributed by atoms with Crippen molar-refractivity contribution in [3.8, 4) is 11.1 Å². The van der Waals surface area contributed by atoms with E-state index in [1.807, 2.05) is 12.1 Å². The molecule has 0 radical (unpaired) electrons. The number of carbonyl (C=O) groups excluding carboxylic acids is 3. The Morgan fingerprint density at radius 1 is 0.667 bits per heavy atom. The summed E-state index contributed by atoms with van der Waals surface area (Å²) >= 11 is 0. The third-order valence-corrected chi connectivity index (χ3v) is 3.78. The van der Waals surface area contributed by atoms with E-state index in [0.717, 1.165) is 10.5 Å². The lowest BCUT2D eigenvalue weighted by molar-refractivity contribution is -0.119. The van der Waals surface area contributed by atoms with Crippen molar-refractivity contribution in [3.63, 3.8) is 0 Å². The van der Waals surface area contributed by atoms with Gasteiger partial charge in [-0.3, -0.25) is 14.4 Å². The highest BCUT2D eigenvalue weighted by Gasteiger charge is 2.34. The average Bonchev–Trinajstić information content (AvgIpc) is 2.99. The molecule has 2 aromatic carbocycles. The van der Waals surface area contributed by atoms with Crippen LogP contribution in [0.5, 0.6) is 0 Å². The summed E-state index contributed by atoms with van der Waals surface area (Å²) in [6.45, 7) is 0. The predicted octanol–water partition coefficient (Wildman–Crippen LogP) is 2.33. The Morgan fingerprint density at radius 2 is 1.29 bits per heavy atom. The monoisotopic (exact) mass is 275 g/mol. The molecule has 4 heteroatoms. The van der Waals surface area contributed by atoms with Crippen LogP contribution in [0.4, 0.5) is 5.69 Å². The maximum absolute atomic E-state index is 12.4. The molecule has 100 valence electrons. The molecule has 2 aromatic rings. The van der Waals surface area contributed by atoms with Crippen LogP contribution in [0, 0.1) is 0 Å². The summed E-state index contributed by atoms with van der Waals surface area (Å²) in [5.41, 5.74) is 3.02. The van der Waals surface area contributed by atoms with Crippen molar-refractivity contribution in [3.05, 3.63) is 65.7 Å². The Labute approximate surface area is 120 Å². The number of nitrogens with zero attached hydrogens (tertiary/aromatic N) is 1. The minimum Gasteiger partial charge on any atom is -0.289 e. The van der Waals surface area contributed by atoms with Crippen molar-refractivity contribution in [1.29, 1.82) is 0 Å². The van der Waals surface area contributed by atoms with E-state index in [1.165, 1.54) is 12.2 Å². The van der Waals surface area contributed by atoms with E-state index in [0.29, 0.717) is 22.4 Å². The first-order valence-corrected chi connectivity index (χ1v) is 6.52. The second-order valence-corrected chi connectivity index (χ2v) is 4.92. The largest absolute Gasteiger partial charge is 0.289 e. The molecule has 1 aliphatic carbocycles. The normalized spacial score (nSPS) is 15.6. The van der Waals surface area contributed by atoms with Crippen LogP contribution in [-0.2, 0) is 9.59 Å². The summed E-state index contributed by atoms with van der Waals surface area (Å²) in [5.74, 6) is -0.843. The molecule has 0 saturated carbocycles. The van der Waals surface area contributed by atoms with Gasteiger partial charge in [-0.25, -0.2) is 4.90 Å². The number of imide groups is 1. The van der Waals surface area contributed by atoms with Crippen molar-refractivity contribution >= 4 is 23.3 Å². The second kappa shape index (κ2) is 3.99. The van der Waals surface area contributed by atoms with E-state index in [-0.39, 0.29) is 17.6 Å². The van der Waals surface area contributed by atoms with Crippen molar-refractivity contribution in [1.82, 2.24) is 0 Å². The van der Waals surface area contributed by atoms with Gasteiger partial charge in [-0.1, -0.05) is 36.4 Å². The number of amides is 2. The van der Waals surface area contributed by atoms with Crippen LogP contribution in [0.3, 0.4) is 0 Å². The van der Waals surface area contributed by atoms with Gasteiger partial charge in [-0.15, -0.1) is 0 Å². The van der Waals surface area contributed by atoms with Crippen LogP contribution in [0.1, 0.15) is 15.9 Å². The molecule has 0 spiro atoms. The van der Waals surface area contributed by atoms with Crippen molar-refractivity contribution in [2.45, 2.75) is 0 Å². The van der Waals surface area contributed by atoms with Crippen molar-refractivity contribution < 1.29 is 14.4 Å². The third-order valence-electron chi connectivity index (χ3n) is 3.78. The molecule has 1 heterocycles. The molecule has 0 fully saturated rings. The fraction of sp³-hybridized carbons (Fsp3) is 0. The highest BCUT2D eigenvalue weighted by Crippen LogP contribution is 2.43. The second-order valence-electron chi connectivity index (χ2n) is 4.92. The first-order chi connectivity index (χ1) is 10.2. The molecule has 0 saturated heterocycles. The Morgan fingerprint density at radius 3 is 2.00 bits per heavy atom. The number of anilines is 1. The van der Waals surface area contributed by atoms with Gasteiger partial charge in [0.1, 0.15) is 0 Å². The van der Waals surface area contributed by atoms with Gasteiger partial charge in [0.25, 0.3) is 11.8 Å². The first-order valence-electron chi connectivity index (χ1n) is 6.52. The topological polar surface area (TPSA) is 54.5 Å². The van der Waals surface area contributed by atoms with Crippen LogP contribution in [0.25, 0.3) is 11.1 Å². The third kappa shape index (κ3) is 1.47. The van der Waals surface area contributed by atoms with E-state index in [2.05, 4.69) is 0 Å². The molecule has 2 aliphatic rings. The zero-order valence-electron chi connectivity index (χ0n) is 10.9. The van der Waals surface area contributed by atoms with Gasteiger partial charge in [-0.05, 0) is 11.6 Å². The molecular weight excluding hydrogens is 266 g/mol. The molecule has 0 N–H and O–H groups in total. The van der Waals surface area contributed by atoms with Gasteiger partial charge in [0.2, 0.25) is 0 Å². The van der Waals surface area contributed by atoms with Gasteiger partial charge in [-0.2, -0.15) is 0 Å². The van der Waals surface area contributed by atoms with Crippen LogP contribution < -0.4 is 4.90 Å². The lowest BCUT2D eigenvalue weighted by Gasteiger charge is -2.17. The number of ketones is 1. The van der Waals surface area contributed by atoms with Crippen LogP contribution in [-0.4, -0.2) is 17.6 Å². The molecule has 0 atom stereocenters. The summed E-state index contributed by atoms with van der Waals surface area (Å²) in [5, 5.41) is 0. The maximum atomic E-state index is 12.4. The van der Waals surface area contributed by atoms with Crippen LogP contribution in [0.2, 0.25) is 0 Å². The molecule has 1 aliphatic heterocycles. The molecule has 0 bridgehead atoms. The number of benzene rings is 2. The van der Waals surface area contributed by atoms with Gasteiger partial charge in [0.05, 0.1) is 5.69 Å². The highest BCUT2D eigenvalue weighted by molar-refractivity contribution is 6.32. The quantitative estimate of drug-likeness (QED) is 0.640. The molecule has 21 heavy (non-hydrogen) atoms. The number of hydrogen-bond donors (Lipinski definition) is 0. The summed E-state index contributed by atoms with van der Waals surface area (Å²) in [6.07, 6.45) is 2.48. The minimum atomic E-state index is -0.384. The van der Waals surface area contributed by atoms with Gasteiger partial charge < -0.3 is 0 Å². The summed E-state index contributed by atoms with van der Waals surface area (Å²) < 4.78 is 0. The number of hydrogen-bond acceptors (Lipinski definition) is 3. The maximum Gasteiger partial charge on any atom is 0.258 e. The van der Waals surface area contributed by atoms with Crippen LogP contribution >= 0.6 is 0 Å². The zero-order chi connectivity index (χ0) is 14.6. The standard InChI is InChI=1S/C17H9NO3/c19-14-8-9-15(20)18(14)13-7-3-6-12-16(13)10-4-1-2-5-11(10)17(12)21/h1-9H. The molecule has 4 rings (SSSR count). The molecular formula is C17H9NO3. The average molecular weight is 275 g/mol. The molecule has 2 amide bonds. The molecule has 4 nitrogen and oxygen atoms in total. The summed E-state index contributed by atoms with van der Waals surface area (Å²) in [4.78, 5) is 37.3. The Bertz CT molecular complexity index is 846. The predicted molar refractivity (Wildman–Crippen MR) is 76.9 cm³/mol. The van der Waals surface area contributed by atoms with Gasteiger partial charge >= 0.3 is 0 Å². The number of rotatable bonds is 1. The smallest absolute Gasteiger partial charge is 0.258 e.